The van der Waals surface area contributed by atoms with Crippen LogP contribution in [0.25, 0.3) is 0 Å². The Morgan fingerprint density at radius 2 is 2.00 bits per heavy atom. The third-order valence-electron chi connectivity index (χ3n) is 0.122. The van der Waals surface area contributed by atoms with E-state index >= 15 is 0 Å². The van der Waals surface area contributed by atoms with Gasteiger partial charge in [0, 0.05) is 21.2 Å². The third-order valence-corrected chi connectivity index (χ3v) is 8.75. The highest BCUT2D eigenvalue weighted by Gasteiger charge is 1.79. The van der Waals surface area contributed by atoms with E-state index in [2.05, 4.69) is 27.5 Å². The van der Waals surface area contributed by atoms with E-state index < -0.39 is 0 Å². The normalized spacial score (nSPS) is 9.00. The molecule has 0 radical (unpaired) electrons. The lowest BCUT2D eigenvalue weighted by Gasteiger charge is -1.82. The molecule has 0 spiro atoms. The molecule has 6 heavy (non-hydrogen) atoms. The second kappa shape index (κ2) is 7.13. The molecule has 0 bridgehead atoms. The number of halogens is 1. The first-order chi connectivity index (χ1) is 2.91. The van der Waals surface area contributed by atoms with Crippen LogP contribution in [0.4, 0.5) is 0 Å². The molecule has 0 aromatic rings. The van der Waals surface area contributed by atoms with Gasteiger partial charge in [-0.05, 0) is 33.9 Å². The minimum absolute atomic E-state index is 1.76. The van der Waals surface area contributed by atoms with Crippen molar-refractivity contribution in [1.82, 2.24) is 0 Å². The minimum atomic E-state index is 1.76. The van der Waals surface area contributed by atoms with Crippen molar-refractivity contribution < 1.29 is 0 Å². The van der Waals surface area contributed by atoms with Crippen molar-refractivity contribution in [2.75, 3.05) is 6.26 Å². The van der Waals surface area contributed by atoms with Crippen molar-refractivity contribution in [3.05, 3.63) is 0 Å². The quantitative estimate of drug-likeness (QED) is 0.436. The molecule has 38 valence electrons. The largest absolute Gasteiger partial charge is 0.0851 e. The molecule has 0 N–H and O–H groups in total. The minimum Gasteiger partial charge on any atom is -0.0851 e. The molecule has 0 aliphatic rings. The Labute approximate surface area is 65.1 Å². The van der Waals surface area contributed by atoms with Crippen LogP contribution in [0.2, 0.25) is 0 Å². The lowest BCUT2D eigenvalue weighted by atomic mass is 12.0. The highest BCUT2D eigenvalue weighted by Crippen LogP contribution is 2.44. The Morgan fingerprint density at radius 1 is 1.33 bits per heavy atom. The SMILES string of the molecule is CSSSSI. The van der Waals surface area contributed by atoms with Crippen LogP contribution in [-0.4, -0.2) is 6.26 Å². The fourth-order valence-electron chi connectivity index (χ4n) is 0.0383. The maximum absolute atomic E-state index is 2.26. The molecule has 0 saturated carbocycles. The van der Waals surface area contributed by atoms with Gasteiger partial charge in [0.05, 0.1) is 0 Å². The van der Waals surface area contributed by atoms with Crippen LogP contribution >= 0.6 is 59.6 Å². The van der Waals surface area contributed by atoms with Gasteiger partial charge in [-0.3, -0.25) is 0 Å². The van der Waals surface area contributed by atoms with E-state index in [4.69, 9.17) is 0 Å². The molecular formula is CH3IS4. The summed E-state index contributed by atoms with van der Waals surface area (Å²) in [6.45, 7) is 0. The van der Waals surface area contributed by atoms with E-state index in [1.165, 1.54) is 0 Å². The molecule has 0 fully saturated rings. The van der Waals surface area contributed by atoms with Crippen molar-refractivity contribution in [2.45, 2.75) is 0 Å². The van der Waals surface area contributed by atoms with Crippen molar-refractivity contribution in [1.29, 1.82) is 0 Å². The predicted molar refractivity (Wildman–Crippen MR) is 50.3 cm³/mol. The zero-order valence-electron chi connectivity index (χ0n) is 3.01. The van der Waals surface area contributed by atoms with Gasteiger partial charge < -0.3 is 0 Å². The third kappa shape index (κ3) is 6.13. The maximum atomic E-state index is 2.26. The summed E-state index contributed by atoms with van der Waals surface area (Å²) in [7, 11) is 7.12. The zero-order chi connectivity index (χ0) is 4.83. The first-order valence-corrected chi connectivity index (χ1v) is 8.83. The van der Waals surface area contributed by atoms with E-state index in [-0.39, 0.29) is 0 Å². The molecule has 0 heterocycles. The standard InChI is InChI=1S/CH3IS4/c1-3-5-6-4-2/h1H3. The summed E-state index contributed by atoms with van der Waals surface area (Å²) in [4.78, 5) is 0. The average Bonchev–Trinajstić information content (AvgIpc) is 1.61. The van der Waals surface area contributed by atoms with E-state index in [1.54, 1.807) is 38.4 Å². The van der Waals surface area contributed by atoms with Crippen LogP contribution in [0.5, 0.6) is 0 Å². The summed E-state index contributed by atoms with van der Waals surface area (Å²) >= 11 is 2.26. The number of hydrogen-bond acceptors (Lipinski definition) is 4. The van der Waals surface area contributed by atoms with E-state index in [0.29, 0.717) is 0 Å². The van der Waals surface area contributed by atoms with Crippen LogP contribution in [0, 0.1) is 0 Å². The van der Waals surface area contributed by atoms with Gasteiger partial charge in [0.2, 0.25) is 0 Å². The molecule has 0 saturated heterocycles. The van der Waals surface area contributed by atoms with Crippen molar-refractivity contribution >= 4 is 59.6 Å². The summed E-state index contributed by atoms with van der Waals surface area (Å²) in [5, 5.41) is 0. The van der Waals surface area contributed by atoms with Gasteiger partial charge in [-0.25, -0.2) is 0 Å². The van der Waals surface area contributed by atoms with E-state index in [9.17, 15) is 0 Å². The molecule has 0 atom stereocenters. The summed E-state index contributed by atoms with van der Waals surface area (Å²) in [5.74, 6) is 0. The summed E-state index contributed by atoms with van der Waals surface area (Å²) in [6.07, 6.45) is 2.07. The molecular weight excluding hydrogens is 267 g/mol. The van der Waals surface area contributed by atoms with Crippen molar-refractivity contribution in [3.63, 3.8) is 0 Å². The molecule has 0 aromatic carbocycles. The van der Waals surface area contributed by atoms with Gasteiger partial charge in [0.15, 0.2) is 0 Å². The molecule has 0 unspecified atom stereocenters. The van der Waals surface area contributed by atoms with Gasteiger partial charge in [-0.2, -0.15) is 0 Å². The predicted octanol–water partition coefficient (Wildman–Crippen LogP) is 3.64. The van der Waals surface area contributed by atoms with Crippen LogP contribution < -0.4 is 0 Å². The lowest BCUT2D eigenvalue weighted by molar-refractivity contribution is 2.55. The monoisotopic (exact) mass is 270 g/mol. The topological polar surface area (TPSA) is 0 Å². The Hall–Kier alpha value is 2.13. The summed E-state index contributed by atoms with van der Waals surface area (Å²) in [6, 6.07) is 0. The molecule has 5 heteroatoms. The Balaban J connectivity index is 2.34. The van der Waals surface area contributed by atoms with Gasteiger partial charge in [-0.15, -0.1) is 0 Å². The van der Waals surface area contributed by atoms with Crippen LogP contribution in [0.1, 0.15) is 0 Å². The Bertz CT molecular complexity index is 19.5. The van der Waals surface area contributed by atoms with Gasteiger partial charge in [-0.1, -0.05) is 10.8 Å². The van der Waals surface area contributed by atoms with Gasteiger partial charge >= 0.3 is 0 Å². The molecule has 0 amide bonds. The van der Waals surface area contributed by atoms with Gasteiger partial charge in [0.25, 0.3) is 0 Å². The van der Waals surface area contributed by atoms with E-state index in [0.717, 1.165) is 0 Å². The van der Waals surface area contributed by atoms with Crippen LogP contribution in [-0.2, 0) is 0 Å². The average molecular weight is 270 g/mol. The Morgan fingerprint density at radius 3 is 2.17 bits per heavy atom. The molecule has 0 nitrogen and oxygen atoms in total. The molecule has 0 rings (SSSR count). The fourth-order valence-corrected chi connectivity index (χ4v) is 7.95. The van der Waals surface area contributed by atoms with Crippen LogP contribution in [0.15, 0.2) is 0 Å². The zero-order valence-corrected chi connectivity index (χ0v) is 8.43. The highest BCUT2D eigenvalue weighted by atomic mass is 127. The number of rotatable bonds is 3. The molecule has 0 aromatic heterocycles. The molecule has 0 aliphatic carbocycles. The summed E-state index contributed by atoms with van der Waals surface area (Å²) in [5.41, 5.74) is 0. The summed E-state index contributed by atoms with van der Waals surface area (Å²) < 4.78 is 0. The molecule has 0 aliphatic heterocycles. The first kappa shape index (κ1) is 8.13. The second-order valence-electron chi connectivity index (χ2n) is 0.366. The highest BCUT2D eigenvalue weighted by molar-refractivity contribution is 14.2. The fraction of sp³-hybridized carbons (Fsp3) is 1.00. The smallest absolute Gasteiger partial charge is 0.00947 e. The van der Waals surface area contributed by atoms with E-state index in [1.807, 2.05) is 0 Å². The van der Waals surface area contributed by atoms with Gasteiger partial charge in [0.1, 0.15) is 0 Å². The van der Waals surface area contributed by atoms with Crippen molar-refractivity contribution in [2.24, 2.45) is 0 Å². The second-order valence-corrected chi connectivity index (χ2v) is 8.98. The number of hydrogen-bond donors (Lipinski definition) is 0. The maximum Gasteiger partial charge on any atom is 0.00947 e. The van der Waals surface area contributed by atoms with Crippen LogP contribution in [0.3, 0.4) is 0 Å². The lowest BCUT2D eigenvalue weighted by Crippen LogP contribution is -1.25. The van der Waals surface area contributed by atoms with Crippen molar-refractivity contribution in [3.8, 4) is 0 Å². The first-order valence-electron chi connectivity index (χ1n) is 1.06. The Kier molecular flexibility index (Phi) is 9.66.